The van der Waals surface area contributed by atoms with Crippen molar-refractivity contribution in [3.8, 4) is 0 Å². The maximum absolute atomic E-state index is 11.7. The van der Waals surface area contributed by atoms with Crippen LogP contribution in [0.15, 0.2) is 24.3 Å². The van der Waals surface area contributed by atoms with Crippen molar-refractivity contribution >= 4 is 11.8 Å². The van der Waals surface area contributed by atoms with Gasteiger partial charge in [0.15, 0.2) is 0 Å². The van der Waals surface area contributed by atoms with E-state index in [0.717, 1.165) is 11.1 Å². The molecule has 0 saturated heterocycles. The van der Waals surface area contributed by atoms with Gasteiger partial charge >= 0.3 is 0 Å². The zero-order valence-electron chi connectivity index (χ0n) is 11.8. The van der Waals surface area contributed by atoms with Gasteiger partial charge in [-0.05, 0) is 18.4 Å². The molecule has 1 aromatic rings. The van der Waals surface area contributed by atoms with Crippen LogP contribution in [0.2, 0.25) is 0 Å². The lowest BCUT2D eigenvalue weighted by Crippen LogP contribution is -2.38. The first kappa shape index (κ1) is 15.2. The molecule has 4 heteroatoms. The summed E-state index contributed by atoms with van der Waals surface area (Å²) in [6, 6.07) is 7.79. The van der Waals surface area contributed by atoms with Crippen molar-refractivity contribution in [3.63, 3.8) is 0 Å². The van der Waals surface area contributed by atoms with Gasteiger partial charge in [-0.3, -0.25) is 9.59 Å². The molecule has 0 saturated carbocycles. The molecule has 0 aliphatic rings. The summed E-state index contributed by atoms with van der Waals surface area (Å²) in [7, 11) is 0. The standard InChI is InChI=1S/C15H22N2O2/c1-11(2)9-16-15(19)10-17-14(18)8-13-6-4-5-12(3)7-13/h4-7,11H,8-10H2,1-3H3,(H,16,19)(H,17,18). The Balaban J connectivity index is 2.30. The molecule has 2 amide bonds. The van der Waals surface area contributed by atoms with Crippen molar-refractivity contribution in [2.75, 3.05) is 13.1 Å². The summed E-state index contributed by atoms with van der Waals surface area (Å²) in [6.07, 6.45) is 0.305. The highest BCUT2D eigenvalue weighted by atomic mass is 16.2. The molecule has 19 heavy (non-hydrogen) atoms. The largest absolute Gasteiger partial charge is 0.354 e. The predicted octanol–water partition coefficient (Wildman–Crippen LogP) is 1.43. The molecule has 0 aliphatic heterocycles. The molecule has 0 aromatic heterocycles. The van der Waals surface area contributed by atoms with Crippen molar-refractivity contribution in [2.45, 2.75) is 27.2 Å². The van der Waals surface area contributed by atoms with E-state index in [1.807, 2.05) is 45.0 Å². The van der Waals surface area contributed by atoms with Crippen LogP contribution in [-0.4, -0.2) is 24.9 Å². The van der Waals surface area contributed by atoms with Gasteiger partial charge in [0.1, 0.15) is 0 Å². The number of hydrogen-bond acceptors (Lipinski definition) is 2. The Morgan fingerprint density at radius 2 is 1.89 bits per heavy atom. The zero-order valence-corrected chi connectivity index (χ0v) is 11.8. The van der Waals surface area contributed by atoms with Crippen LogP contribution in [0.3, 0.4) is 0 Å². The van der Waals surface area contributed by atoms with Gasteiger partial charge in [-0.15, -0.1) is 0 Å². The summed E-state index contributed by atoms with van der Waals surface area (Å²) in [6.45, 7) is 6.71. The molecule has 0 aliphatic carbocycles. The topological polar surface area (TPSA) is 58.2 Å². The van der Waals surface area contributed by atoms with E-state index in [9.17, 15) is 9.59 Å². The molecule has 0 fully saturated rings. The summed E-state index contributed by atoms with van der Waals surface area (Å²) in [5.74, 6) is 0.128. The van der Waals surface area contributed by atoms with Crippen molar-refractivity contribution < 1.29 is 9.59 Å². The maximum Gasteiger partial charge on any atom is 0.239 e. The molecule has 0 bridgehead atoms. The van der Waals surface area contributed by atoms with Crippen LogP contribution in [0.25, 0.3) is 0 Å². The number of rotatable bonds is 6. The van der Waals surface area contributed by atoms with Crippen LogP contribution in [0.1, 0.15) is 25.0 Å². The number of carbonyl (C=O) groups excluding carboxylic acids is 2. The third-order valence-electron chi connectivity index (χ3n) is 2.60. The van der Waals surface area contributed by atoms with Crippen LogP contribution in [-0.2, 0) is 16.0 Å². The van der Waals surface area contributed by atoms with Crippen molar-refractivity contribution in [3.05, 3.63) is 35.4 Å². The molecule has 0 unspecified atom stereocenters. The number of amides is 2. The Hall–Kier alpha value is -1.84. The first-order valence-electron chi connectivity index (χ1n) is 6.56. The van der Waals surface area contributed by atoms with E-state index >= 15 is 0 Å². The van der Waals surface area contributed by atoms with Crippen molar-refractivity contribution in [2.24, 2.45) is 5.92 Å². The second-order valence-electron chi connectivity index (χ2n) is 5.14. The van der Waals surface area contributed by atoms with Crippen LogP contribution in [0.4, 0.5) is 0 Å². The van der Waals surface area contributed by atoms with Gasteiger partial charge in [-0.25, -0.2) is 0 Å². The van der Waals surface area contributed by atoms with E-state index in [2.05, 4.69) is 10.6 Å². The van der Waals surface area contributed by atoms with E-state index in [1.165, 1.54) is 0 Å². The fourth-order valence-corrected chi connectivity index (χ4v) is 1.63. The number of nitrogens with one attached hydrogen (secondary N) is 2. The fourth-order valence-electron chi connectivity index (χ4n) is 1.63. The Kier molecular flexibility index (Phi) is 6.06. The van der Waals surface area contributed by atoms with Crippen LogP contribution in [0, 0.1) is 12.8 Å². The van der Waals surface area contributed by atoms with Crippen molar-refractivity contribution in [1.29, 1.82) is 0 Å². The lowest BCUT2D eigenvalue weighted by Gasteiger charge is -2.09. The Labute approximate surface area is 114 Å². The normalized spacial score (nSPS) is 10.3. The van der Waals surface area contributed by atoms with Crippen LogP contribution >= 0.6 is 0 Å². The molecule has 104 valence electrons. The third-order valence-corrected chi connectivity index (χ3v) is 2.60. The molecule has 0 radical (unpaired) electrons. The van der Waals surface area contributed by atoms with E-state index in [1.54, 1.807) is 0 Å². The van der Waals surface area contributed by atoms with Crippen molar-refractivity contribution in [1.82, 2.24) is 10.6 Å². The summed E-state index contributed by atoms with van der Waals surface area (Å²) >= 11 is 0. The van der Waals surface area contributed by atoms with Gasteiger partial charge < -0.3 is 10.6 Å². The minimum Gasteiger partial charge on any atom is -0.354 e. The van der Waals surface area contributed by atoms with Gasteiger partial charge in [0, 0.05) is 6.54 Å². The van der Waals surface area contributed by atoms with Crippen LogP contribution < -0.4 is 10.6 Å². The SMILES string of the molecule is Cc1cccc(CC(=O)NCC(=O)NCC(C)C)c1. The highest BCUT2D eigenvalue weighted by Gasteiger charge is 2.06. The fraction of sp³-hybridized carbons (Fsp3) is 0.467. The molecule has 0 spiro atoms. The Morgan fingerprint density at radius 1 is 1.16 bits per heavy atom. The molecule has 4 nitrogen and oxygen atoms in total. The van der Waals surface area contributed by atoms with Gasteiger partial charge in [0.2, 0.25) is 11.8 Å². The quantitative estimate of drug-likeness (QED) is 0.814. The second-order valence-corrected chi connectivity index (χ2v) is 5.14. The molecular formula is C15H22N2O2. The summed E-state index contributed by atoms with van der Waals surface area (Å²) < 4.78 is 0. The van der Waals surface area contributed by atoms with Crippen LogP contribution in [0.5, 0.6) is 0 Å². The van der Waals surface area contributed by atoms with E-state index < -0.39 is 0 Å². The average Bonchev–Trinajstić information content (AvgIpc) is 2.34. The van der Waals surface area contributed by atoms with E-state index in [-0.39, 0.29) is 18.4 Å². The van der Waals surface area contributed by atoms with Gasteiger partial charge in [-0.2, -0.15) is 0 Å². The smallest absolute Gasteiger partial charge is 0.239 e. The first-order chi connectivity index (χ1) is 8.97. The Bertz CT molecular complexity index is 442. The zero-order chi connectivity index (χ0) is 14.3. The highest BCUT2D eigenvalue weighted by Crippen LogP contribution is 2.04. The first-order valence-corrected chi connectivity index (χ1v) is 6.56. The summed E-state index contributed by atoms with van der Waals surface area (Å²) in [4.78, 5) is 23.1. The molecule has 1 rings (SSSR count). The van der Waals surface area contributed by atoms with E-state index in [0.29, 0.717) is 18.9 Å². The summed E-state index contributed by atoms with van der Waals surface area (Å²) in [5.41, 5.74) is 2.08. The number of carbonyl (C=O) groups is 2. The molecule has 0 atom stereocenters. The molecular weight excluding hydrogens is 240 g/mol. The molecule has 1 aromatic carbocycles. The average molecular weight is 262 g/mol. The summed E-state index contributed by atoms with van der Waals surface area (Å²) in [5, 5.41) is 5.38. The minimum absolute atomic E-state index is 0.0391. The Morgan fingerprint density at radius 3 is 2.53 bits per heavy atom. The number of benzene rings is 1. The number of aryl methyl sites for hydroxylation is 1. The number of hydrogen-bond donors (Lipinski definition) is 2. The van der Waals surface area contributed by atoms with E-state index in [4.69, 9.17) is 0 Å². The van der Waals surface area contributed by atoms with Gasteiger partial charge in [-0.1, -0.05) is 43.7 Å². The third kappa shape index (κ3) is 6.60. The minimum atomic E-state index is -0.147. The lowest BCUT2D eigenvalue weighted by molar-refractivity contribution is -0.125. The highest BCUT2D eigenvalue weighted by molar-refractivity contribution is 5.85. The molecule has 0 heterocycles. The van der Waals surface area contributed by atoms with Gasteiger partial charge in [0.25, 0.3) is 0 Å². The maximum atomic E-state index is 11.7. The predicted molar refractivity (Wildman–Crippen MR) is 75.7 cm³/mol. The monoisotopic (exact) mass is 262 g/mol. The lowest BCUT2D eigenvalue weighted by atomic mass is 10.1. The molecule has 2 N–H and O–H groups in total. The second kappa shape index (κ2) is 7.56. The van der Waals surface area contributed by atoms with Gasteiger partial charge in [0.05, 0.1) is 13.0 Å².